The van der Waals surface area contributed by atoms with Gasteiger partial charge in [0.2, 0.25) is 0 Å². The molecule has 4 nitrogen and oxygen atoms in total. The van der Waals surface area contributed by atoms with Crippen LogP contribution >= 0.6 is 0 Å². The summed E-state index contributed by atoms with van der Waals surface area (Å²) in [6.45, 7) is 0.119. The molecule has 0 spiro atoms. The molecule has 0 bridgehead atoms. The Hall–Kier alpha value is -3.14. The van der Waals surface area contributed by atoms with Gasteiger partial charge in [0.1, 0.15) is 6.61 Å². The summed E-state index contributed by atoms with van der Waals surface area (Å²) < 4.78 is 10.0. The van der Waals surface area contributed by atoms with Crippen molar-refractivity contribution in [1.29, 1.82) is 0 Å². The Morgan fingerprint density at radius 3 is 2.52 bits per heavy atom. The van der Waals surface area contributed by atoms with E-state index in [4.69, 9.17) is 9.47 Å². The minimum absolute atomic E-state index is 0.119. The van der Waals surface area contributed by atoms with Crippen molar-refractivity contribution in [2.45, 2.75) is 13.0 Å². The van der Waals surface area contributed by atoms with Crippen molar-refractivity contribution in [1.82, 2.24) is 0 Å². The van der Waals surface area contributed by atoms with Crippen LogP contribution in [0.3, 0.4) is 0 Å². The Kier molecular flexibility index (Phi) is 5.09. The molecule has 25 heavy (non-hydrogen) atoms. The second kappa shape index (κ2) is 7.62. The van der Waals surface area contributed by atoms with Crippen LogP contribution in [0.4, 0.5) is 0 Å². The Morgan fingerprint density at radius 1 is 0.920 bits per heavy atom. The number of fused-ring (bicyclic) bond motifs is 1. The highest BCUT2D eigenvalue weighted by molar-refractivity contribution is 5.90. The second-order valence-corrected chi connectivity index (χ2v) is 5.67. The van der Waals surface area contributed by atoms with Crippen LogP contribution in [0.1, 0.15) is 21.5 Å². The van der Waals surface area contributed by atoms with E-state index in [1.165, 1.54) is 7.11 Å². The fourth-order valence-corrected chi connectivity index (χ4v) is 2.72. The van der Waals surface area contributed by atoms with Gasteiger partial charge in [-0.15, -0.1) is 0 Å². The van der Waals surface area contributed by atoms with Gasteiger partial charge in [-0.05, 0) is 34.0 Å². The molecule has 0 N–H and O–H groups in total. The van der Waals surface area contributed by atoms with Crippen LogP contribution in [-0.4, -0.2) is 19.0 Å². The third-order valence-corrected chi connectivity index (χ3v) is 3.96. The fraction of sp³-hybridized carbons (Fsp3) is 0.143. The summed E-state index contributed by atoms with van der Waals surface area (Å²) in [6, 6.07) is 20.7. The number of esters is 2. The molecule has 0 aliphatic carbocycles. The number of hydrogen-bond acceptors (Lipinski definition) is 4. The third kappa shape index (κ3) is 4.04. The van der Waals surface area contributed by atoms with E-state index in [-0.39, 0.29) is 19.0 Å². The quantitative estimate of drug-likeness (QED) is 0.664. The monoisotopic (exact) mass is 334 g/mol. The summed E-state index contributed by atoms with van der Waals surface area (Å²) >= 11 is 0. The molecule has 0 atom stereocenters. The molecule has 3 rings (SSSR count). The lowest BCUT2D eigenvalue weighted by Crippen LogP contribution is -2.09. The number of hydrogen-bond donors (Lipinski definition) is 0. The molecule has 0 aromatic heterocycles. The number of carbonyl (C=O) groups is 2. The summed E-state index contributed by atoms with van der Waals surface area (Å²) in [5.74, 6) is -0.719. The molecule has 0 unspecified atom stereocenters. The van der Waals surface area contributed by atoms with Crippen molar-refractivity contribution in [3.8, 4) is 0 Å². The Balaban J connectivity index is 1.66. The number of ether oxygens (including phenoxy) is 2. The van der Waals surface area contributed by atoms with Crippen LogP contribution in [0.2, 0.25) is 0 Å². The minimum atomic E-state index is -0.413. The summed E-state index contributed by atoms with van der Waals surface area (Å²) in [4.78, 5) is 23.7. The molecule has 4 heteroatoms. The van der Waals surface area contributed by atoms with E-state index in [2.05, 4.69) is 0 Å². The number of carbonyl (C=O) groups excluding carboxylic acids is 2. The maximum atomic E-state index is 12.2. The first-order valence-corrected chi connectivity index (χ1v) is 7.97. The van der Waals surface area contributed by atoms with E-state index in [1.54, 1.807) is 24.3 Å². The standard InChI is InChI=1S/C21H18O4/c1-24-21(23)18-10-4-6-15(12-18)14-25-20(22)13-17-9-5-8-16-7-2-3-11-19(16)17/h2-12H,13-14H2,1H3. The van der Waals surface area contributed by atoms with Crippen molar-refractivity contribution in [3.63, 3.8) is 0 Å². The van der Waals surface area contributed by atoms with Crippen LogP contribution in [0.25, 0.3) is 10.8 Å². The van der Waals surface area contributed by atoms with Crippen LogP contribution in [-0.2, 0) is 27.3 Å². The zero-order valence-corrected chi connectivity index (χ0v) is 13.9. The normalized spacial score (nSPS) is 10.4. The van der Waals surface area contributed by atoms with Gasteiger partial charge in [0, 0.05) is 0 Å². The fourth-order valence-electron chi connectivity index (χ4n) is 2.72. The SMILES string of the molecule is COC(=O)c1cccc(COC(=O)Cc2cccc3ccccc23)c1. The lowest BCUT2D eigenvalue weighted by atomic mass is 10.0. The second-order valence-electron chi connectivity index (χ2n) is 5.67. The molecular formula is C21H18O4. The Morgan fingerprint density at radius 2 is 1.68 bits per heavy atom. The van der Waals surface area contributed by atoms with Crippen LogP contribution in [0, 0.1) is 0 Å². The summed E-state index contributed by atoms with van der Waals surface area (Å²) in [5, 5.41) is 2.15. The molecule has 0 fully saturated rings. The molecular weight excluding hydrogens is 316 g/mol. The number of rotatable bonds is 5. The molecule has 126 valence electrons. The molecule has 0 amide bonds. The van der Waals surface area contributed by atoms with Gasteiger partial charge in [-0.25, -0.2) is 4.79 Å². The molecule has 3 aromatic carbocycles. The van der Waals surface area contributed by atoms with Gasteiger partial charge >= 0.3 is 11.9 Å². The average Bonchev–Trinajstić information content (AvgIpc) is 2.66. The van der Waals surface area contributed by atoms with E-state index in [0.29, 0.717) is 5.56 Å². The van der Waals surface area contributed by atoms with Gasteiger partial charge in [-0.3, -0.25) is 4.79 Å². The van der Waals surface area contributed by atoms with Gasteiger partial charge in [0.05, 0.1) is 19.1 Å². The van der Waals surface area contributed by atoms with Gasteiger partial charge in [-0.1, -0.05) is 54.6 Å². The van der Waals surface area contributed by atoms with Crippen LogP contribution in [0.15, 0.2) is 66.7 Å². The molecule has 0 aliphatic rings. The summed E-state index contributed by atoms with van der Waals surface area (Å²) in [7, 11) is 1.33. The van der Waals surface area contributed by atoms with E-state index in [1.807, 2.05) is 42.5 Å². The highest BCUT2D eigenvalue weighted by Crippen LogP contribution is 2.19. The van der Waals surface area contributed by atoms with Crippen molar-refractivity contribution in [3.05, 3.63) is 83.4 Å². The Bertz CT molecular complexity index is 909. The van der Waals surface area contributed by atoms with Crippen LogP contribution < -0.4 is 0 Å². The predicted molar refractivity (Wildman–Crippen MR) is 95.2 cm³/mol. The van der Waals surface area contributed by atoms with Crippen LogP contribution in [0.5, 0.6) is 0 Å². The van der Waals surface area contributed by atoms with Gasteiger partial charge in [-0.2, -0.15) is 0 Å². The van der Waals surface area contributed by atoms with Gasteiger partial charge in [0.25, 0.3) is 0 Å². The Labute approximate surface area is 146 Å². The molecule has 0 heterocycles. The number of benzene rings is 3. The van der Waals surface area contributed by atoms with Crippen molar-refractivity contribution in [2.75, 3.05) is 7.11 Å². The van der Waals surface area contributed by atoms with Gasteiger partial charge in [0.15, 0.2) is 0 Å². The van der Waals surface area contributed by atoms with E-state index in [9.17, 15) is 9.59 Å². The zero-order chi connectivity index (χ0) is 17.6. The highest BCUT2D eigenvalue weighted by atomic mass is 16.5. The van der Waals surface area contributed by atoms with Crippen molar-refractivity contribution < 1.29 is 19.1 Å². The minimum Gasteiger partial charge on any atom is -0.465 e. The maximum absolute atomic E-state index is 12.2. The lowest BCUT2D eigenvalue weighted by Gasteiger charge is -2.08. The van der Waals surface area contributed by atoms with Crippen molar-refractivity contribution >= 4 is 22.7 Å². The summed E-state index contributed by atoms with van der Waals surface area (Å²) in [6.07, 6.45) is 0.206. The highest BCUT2D eigenvalue weighted by Gasteiger charge is 2.10. The van der Waals surface area contributed by atoms with Gasteiger partial charge < -0.3 is 9.47 Å². The lowest BCUT2D eigenvalue weighted by molar-refractivity contribution is -0.144. The smallest absolute Gasteiger partial charge is 0.337 e. The van der Waals surface area contributed by atoms with E-state index < -0.39 is 5.97 Å². The van der Waals surface area contributed by atoms with Crippen molar-refractivity contribution in [2.24, 2.45) is 0 Å². The number of methoxy groups -OCH3 is 1. The zero-order valence-electron chi connectivity index (χ0n) is 13.9. The molecule has 0 saturated heterocycles. The molecule has 0 aliphatic heterocycles. The van der Waals surface area contributed by atoms with E-state index >= 15 is 0 Å². The summed E-state index contributed by atoms with van der Waals surface area (Å²) in [5.41, 5.74) is 2.12. The molecule has 0 saturated carbocycles. The largest absolute Gasteiger partial charge is 0.465 e. The first-order chi connectivity index (χ1) is 12.2. The topological polar surface area (TPSA) is 52.6 Å². The molecule has 0 radical (unpaired) electrons. The first-order valence-electron chi connectivity index (χ1n) is 7.97. The average molecular weight is 334 g/mol. The predicted octanol–water partition coefficient (Wildman–Crippen LogP) is 3.91. The maximum Gasteiger partial charge on any atom is 0.337 e. The first kappa shape index (κ1) is 16.7. The molecule has 3 aromatic rings. The van der Waals surface area contributed by atoms with E-state index in [0.717, 1.165) is 21.9 Å². The third-order valence-electron chi connectivity index (χ3n) is 3.96.